The summed E-state index contributed by atoms with van der Waals surface area (Å²) in [5.41, 5.74) is 16.4. The molecule has 18 rings (SSSR count). The molecule has 0 saturated heterocycles. The van der Waals surface area contributed by atoms with Gasteiger partial charge in [-0.1, -0.05) is 158 Å². The Kier molecular flexibility index (Phi) is 9.99. The van der Waals surface area contributed by atoms with Gasteiger partial charge in [0.05, 0.1) is 33.4 Å². The van der Waals surface area contributed by atoms with Gasteiger partial charge in [-0.15, -0.1) is 0 Å². The van der Waals surface area contributed by atoms with E-state index in [9.17, 15) is 0 Å². The van der Waals surface area contributed by atoms with Gasteiger partial charge < -0.3 is 27.8 Å². The van der Waals surface area contributed by atoms with Gasteiger partial charge >= 0.3 is 0 Å². The van der Waals surface area contributed by atoms with E-state index in [1.807, 2.05) is 0 Å². The van der Waals surface area contributed by atoms with Crippen LogP contribution in [0.1, 0.15) is 0 Å². The number of rotatable bonds is 8. The van der Waals surface area contributed by atoms with Crippen LogP contribution in [-0.4, -0.2) is 9.13 Å². The van der Waals surface area contributed by atoms with Gasteiger partial charge in [0.15, 0.2) is 0 Å². The van der Waals surface area contributed by atoms with E-state index >= 15 is 0 Å². The quantitative estimate of drug-likeness (QED) is 0.152. The normalized spacial score (nSPS) is 12.0. The molecule has 0 aliphatic heterocycles. The monoisotopic (exact) mass is 1070 g/mol. The van der Waals surface area contributed by atoms with E-state index in [0.29, 0.717) is 0 Å². The molecule has 0 radical (unpaired) electrons. The van der Waals surface area contributed by atoms with E-state index in [0.717, 1.165) is 122 Å². The number of benzene rings is 14. The third-order valence-corrected chi connectivity index (χ3v) is 17.4. The molecule has 0 amide bonds. The van der Waals surface area contributed by atoms with E-state index in [-0.39, 0.29) is 0 Å². The number of nitrogens with zero attached hydrogens (tertiary/aromatic N) is 4. The minimum Gasteiger partial charge on any atom is -0.456 e. The first-order valence-electron chi connectivity index (χ1n) is 28.7. The number of aromatic nitrogens is 2. The average Bonchev–Trinajstić information content (AvgIpc) is 1.81. The number of furan rings is 2. The first-order valence-corrected chi connectivity index (χ1v) is 28.7. The highest BCUT2D eigenvalue weighted by molar-refractivity contribution is 6.29. The van der Waals surface area contributed by atoms with Gasteiger partial charge in [-0.3, -0.25) is 0 Å². The van der Waals surface area contributed by atoms with E-state index < -0.39 is 0 Å². The lowest BCUT2D eigenvalue weighted by atomic mass is 9.98. The molecule has 0 atom stereocenters. The van der Waals surface area contributed by atoms with E-state index in [1.54, 1.807) is 0 Å². The van der Waals surface area contributed by atoms with Crippen molar-refractivity contribution in [1.29, 1.82) is 0 Å². The minimum atomic E-state index is 0.817. The first-order chi connectivity index (χ1) is 41.7. The van der Waals surface area contributed by atoms with E-state index in [4.69, 9.17) is 8.83 Å². The van der Waals surface area contributed by atoms with E-state index in [2.05, 4.69) is 310 Å². The first kappa shape index (κ1) is 46.4. The second kappa shape index (κ2) is 18.1. The van der Waals surface area contributed by atoms with Crippen LogP contribution in [0.25, 0.3) is 131 Å². The average molecular weight is 1070 g/mol. The largest absolute Gasteiger partial charge is 0.456 e. The van der Waals surface area contributed by atoms with Crippen molar-refractivity contribution >= 4 is 154 Å². The van der Waals surface area contributed by atoms with Gasteiger partial charge in [-0.05, 0) is 143 Å². The molecular formula is C78H48N4O2. The lowest BCUT2D eigenvalue weighted by Crippen LogP contribution is -2.10. The van der Waals surface area contributed by atoms with Gasteiger partial charge in [0.1, 0.15) is 22.3 Å². The third kappa shape index (κ3) is 6.79. The molecule has 0 unspecified atom stereocenters. The van der Waals surface area contributed by atoms with Crippen LogP contribution in [0, 0.1) is 0 Å². The van der Waals surface area contributed by atoms with Gasteiger partial charge in [0.25, 0.3) is 0 Å². The molecule has 0 N–H and O–H groups in total. The Labute approximate surface area is 481 Å². The van der Waals surface area contributed by atoms with Gasteiger partial charge in [0.2, 0.25) is 0 Å². The molecule has 0 spiro atoms. The Bertz CT molecular complexity index is 5330. The van der Waals surface area contributed by atoms with Crippen molar-refractivity contribution in [3.63, 3.8) is 0 Å². The Hall–Kier alpha value is -11.3. The third-order valence-electron chi connectivity index (χ3n) is 17.4. The van der Waals surface area contributed by atoms with Crippen LogP contribution in [0.5, 0.6) is 0 Å². The Morgan fingerprint density at radius 3 is 0.964 bits per heavy atom. The van der Waals surface area contributed by atoms with Crippen LogP contribution < -0.4 is 9.80 Å². The molecule has 0 fully saturated rings. The molecule has 4 aromatic heterocycles. The second-order valence-electron chi connectivity index (χ2n) is 21.9. The van der Waals surface area contributed by atoms with Gasteiger partial charge in [-0.2, -0.15) is 0 Å². The Morgan fingerprint density at radius 2 is 0.548 bits per heavy atom. The maximum absolute atomic E-state index is 6.95. The molecule has 0 aliphatic carbocycles. The van der Waals surface area contributed by atoms with Crippen molar-refractivity contribution in [1.82, 2.24) is 9.13 Å². The van der Waals surface area contributed by atoms with Crippen LogP contribution in [0.4, 0.5) is 34.1 Å². The highest BCUT2D eigenvalue weighted by Gasteiger charge is 2.26. The molecule has 6 heteroatoms. The fraction of sp³-hybridized carbons (Fsp3) is 0. The highest BCUT2D eigenvalue weighted by atomic mass is 16.3. The lowest BCUT2D eigenvalue weighted by molar-refractivity contribution is 0.668. The van der Waals surface area contributed by atoms with Crippen molar-refractivity contribution in [2.45, 2.75) is 0 Å². The zero-order valence-electron chi connectivity index (χ0n) is 45.3. The Balaban J connectivity index is 0.800. The van der Waals surface area contributed by atoms with Crippen LogP contribution in [0.3, 0.4) is 0 Å². The van der Waals surface area contributed by atoms with Crippen molar-refractivity contribution in [2.75, 3.05) is 9.80 Å². The molecule has 0 saturated carbocycles. The van der Waals surface area contributed by atoms with E-state index in [1.165, 1.54) is 43.4 Å². The summed E-state index contributed by atoms with van der Waals surface area (Å²) in [6.45, 7) is 0. The number of para-hydroxylation sites is 6. The predicted octanol–water partition coefficient (Wildman–Crippen LogP) is 22.1. The van der Waals surface area contributed by atoms with Crippen LogP contribution in [-0.2, 0) is 0 Å². The fourth-order valence-electron chi connectivity index (χ4n) is 13.9. The molecule has 0 bridgehead atoms. The van der Waals surface area contributed by atoms with Crippen molar-refractivity contribution in [3.8, 4) is 11.4 Å². The molecule has 6 nitrogen and oxygen atoms in total. The highest BCUT2D eigenvalue weighted by Crippen LogP contribution is 2.50. The number of anilines is 6. The molecule has 0 aliphatic rings. The maximum Gasteiger partial charge on any atom is 0.137 e. The summed E-state index contributed by atoms with van der Waals surface area (Å²) in [6, 6.07) is 105. The summed E-state index contributed by atoms with van der Waals surface area (Å²) in [7, 11) is 0. The van der Waals surface area contributed by atoms with Crippen LogP contribution in [0.2, 0.25) is 0 Å². The van der Waals surface area contributed by atoms with Gasteiger partial charge in [-0.25, -0.2) is 0 Å². The predicted molar refractivity (Wildman–Crippen MR) is 352 cm³/mol. The minimum absolute atomic E-state index is 0.817. The summed E-state index contributed by atoms with van der Waals surface area (Å²) < 4.78 is 18.7. The molecule has 4 heterocycles. The second-order valence-corrected chi connectivity index (χ2v) is 21.9. The Morgan fingerprint density at radius 1 is 0.214 bits per heavy atom. The number of hydrogen-bond acceptors (Lipinski definition) is 4. The molecule has 392 valence electrons. The standard InChI is InChI=1S/C78H48N4O2/c1-5-21-49(22-6-1)79(67-47-69-75(57-31-15-13-29-55(57)67)61-33-17-19-35-65(61)81(69)51-25-9-3-10-26-51)53-37-39-63-73(45-53)83-71-43-41-60-59(77(63)71)42-44-72-78(60)64-40-38-54(46-74(64)84-72)80(50-23-7-2-8-24-50)68-48-70-76(58-32-16-14-30-56(58)68)62-34-18-20-36-66(62)82(70)52-27-11-4-12-28-52/h1-48H. The SMILES string of the molecule is c1ccc(N(c2ccc3c(c2)oc2ccc4c(ccc5oc6cc(N(c7ccccc7)c7cc8c(c9ccccc79)c7ccccc7n8-c7ccccc7)ccc6c54)c23)c2cc3c(c4ccccc24)c2ccccc2n3-c2ccccc2)cc1. The topological polar surface area (TPSA) is 42.6 Å². The zero-order chi connectivity index (χ0) is 55.0. The van der Waals surface area contributed by atoms with Crippen molar-refractivity contribution < 1.29 is 8.83 Å². The smallest absolute Gasteiger partial charge is 0.137 e. The summed E-state index contributed by atoms with van der Waals surface area (Å²) in [5.74, 6) is 0. The lowest BCUT2D eigenvalue weighted by Gasteiger charge is -2.27. The van der Waals surface area contributed by atoms with Crippen LogP contribution >= 0.6 is 0 Å². The molecular weight excluding hydrogens is 1020 g/mol. The van der Waals surface area contributed by atoms with Crippen molar-refractivity contribution in [2.24, 2.45) is 0 Å². The zero-order valence-corrected chi connectivity index (χ0v) is 45.3. The maximum atomic E-state index is 6.95. The van der Waals surface area contributed by atoms with Crippen LogP contribution in [0.15, 0.2) is 300 Å². The fourth-order valence-corrected chi connectivity index (χ4v) is 13.9. The summed E-state index contributed by atoms with van der Waals surface area (Å²) >= 11 is 0. The summed E-state index contributed by atoms with van der Waals surface area (Å²) in [6.07, 6.45) is 0. The summed E-state index contributed by atoms with van der Waals surface area (Å²) in [5, 5.41) is 16.2. The number of hydrogen-bond donors (Lipinski definition) is 0. The van der Waals surface area contributed by atoms with Gasteiger partial charge in [0, 0.05) is 100 Å². The van der Waals surface area contributed by atoms with Crippen molar-refractivity contribution in [3.05, 3.63) is 291 Å². The number of fused-ring (bicyclic) bond motifs is 19. The molecule has 14 aromatic carbocycles. The molecule has 18 aromatic rings. The molecule has 84 heavy (non-hydrogen) atoms. The summed E-state index contributed by atoms with van der Waals surface area (Å²) in [4.78, 5) is 4.78.